The first-order chi connectivity index (χ1) is 25.5. The summed E-state index contributed by atoms with van der Waals surface area (Å²) in [7, 11) is 0. The highest BCUT2D eigenvalue weighted by Crippen LogP contribution is 2.32. The number of aliphatic hydroxyl groups is 2. The van der Waals surface area contributed by atoms with Gasteiger partial charge in [-0.2, -0.15) is 0 Å². The van der Waals surface area contributed by atoms with Crippen molar-refractivity contribution in [3.05, 3.63) is 75.6 Å². The summed E-state index contributed by atoms with van der Waals surface area (Å²) in [4.78, 5) is 64.1. The SMILES string of the molecule is Cc1cc([C@@H](C)C(OC(=O)N2CCC(N3CCc4ccccc4NC3=O)CC2)C(=O)N2CCC(N3CCC(O)(CO)CC3)CC2)cc2ccc(=O)[nH]c12. The molecule has 3 aromatic rings. The summed E-state index contributed by atoms with van der Waals surface area (Å²) in [5.74, 6) is -0.704. The lowest BCUT2D eigenvalue weighted by Gasteiger charge is -2.44. The molecule has 0 spiro atoms. The number of benzene rings is 2. The summed E-state index contributed by atoms with van der Waals surface area (Å²) in [6, 6.07) is 15.1. The molecule has 4 aliphatic rings. The van der Waals surface area contributed by atoms with Gasteiger partial charge in [0.25, 0.3) is 5.91 Å². The maximum Gasteiger partial charge on any atom is 0.410 e. The third-order valence-corrected chi connectivity index (χ3v) is 12.1. The molecule has 5 heterocycles. The second-order valence-corrected chi connectivity index (χ2v) is 15.4. The largest absolute Gasteiger partial charge is 0.435 e. The fourth-order valence-electron chi connectivity index (χ4n) is 8.66. The monoisotopic (exact) mass is 728 g/mol. The van der Waals surface area contributed by atoms with Gasteiger partial charge in [-0.25, -0.2) is 9.59 Å². The Kier molecular flexibility index (Phi) is 10.8. The molecular formula is C40H52N6O7. The lowest BCUT2D eigenvalue weighted by atomic mass is 9.89. The van der Waals surface area contributed by atoms with Gasteiger partial charge in [0.1, 0.15) is 0 Å². The molecule has 7 rings (SSSR count). The number of nitrogens with one attached hydrogen (secondary N) is 2. The van der Waals surface area contributed by atoms with Crippen molar-refractivity contribution in [2.45, 2.75) is 88.5 Å². The van der Waals surface area contributed by atoms with E-state index in [0.717, 1.165) is 52.5 Å². The van der Waals surface area contributed by atoms with Crippen LogP contribution in [0.1, 0.15) is 68.1 Å². The number of likely N-dealkylation sites (tertiary alicyclic amines) is 3. The summed E-state index contributed by atoms with van der Waals surface area (Å²) in [6.07, 6.45) is 2.94. The van der Waals surface area contributed by atoms with Crippen molar-refractivity contribution in [3.8, 4) is 0 Å². The van der Waals surface area contributed by atoms with Crippen LogP contribution in [-0.2, 0) is 16.0 Å². The van der Waals surface area contributed by atoms with E-state index in [1.165, 1.54) is 6.07 Å². The Labute approximate surface area is 309 Å². The van der Waals surface area contributed by atoms with Crippen molar-refractivity contribution in [2.75, 3.05) is 57.7 Å². The average Bonchev–Trinajstić information content (AvgIpc) is 3.35. The zero-order chi connectivity index (χ0) is 37.3. The highest BCUT2D eigenvalue weighted by atomic mass is 16.6. The topological polar surface area (TPSA) is 159 Å². The van der Waals surface area contributed by atoms with Crippen LogP contribution in [0.4, 0.5) is 15.3 Å². The predicted molar refractivity (Wildman–Crippen MR) is 201 cm³/mol. The highest BCUT2D eigenvalue weighted by molar-refractivity contribution is 5.91. The van der Waals surface area contributed by atoms with Crippen LogP contribution in [0.15, 0.2) is 53.3 Å². The lowest BCUT2D eigenvalue weighted by molar-refractivity contribution is -0.144. The first kappa shape index (κ1) is 36.9. The minimum Gasteiger partial charge on any atom is -0.435 e. The highest BCUT2D eigenvalue weighted by Gasteiger charge is 2.40. The maximum atomic E-state index is 14.4. The molecule has 0 saturated carbocycles. The van der Waals surface area contributed by atoms with Gasteiger partial charge < -0.3 is 44.9 Å². The number of carbonyl (C=O) groups is 3. The summed E-state index contributed by atoms with van der Waals surface area (Å²) in [6.45, 7) is 7.46. The van der Waals surface area contributed by atoms with Crippen molar-refractivity contribution in [2.24, 2.45) is 0 Å². The smallest absolute Gasteiger partial charge is 0.410 e. The summed E-state index contributed by atoms with van der Waals surface area (Å²) in [5.41, 5.74) is 3.17. The van der Waals surface area contributed by atoms with E-state index in [9.17, 15) is 29.4 Å². The second kappa shape index (κ2) is 15.5. The molecule has 4 N–H and O–H groups in total. The quantitative estimate of drug-likeness (QED) is 0.286. The molecule has 4 aliphatic heterocycles. The van der Waals surface area contributed by atoms with E-state index in [-0.39, 0.29) is 36.2 Å². The van der Waals surface area contributed by atoms with E-state index in [0.29, 0.717) is 71.5 Å². The van der Waals surface area contributed by atoms with Gasteiger partial charge in [-0.05, 0) is 92.1 Å². The zero-order valence-electron chi connectivity index (χ0n) is 30.8. The van der Waals surface area contributed by atoms with Crippen molar-refractivity contribution >= 4 is 34.6 Å². The molecule has 3 fully saturated rings. The van der Waals surface area contributed by atoms with Crippen LogP contribution in [0, 0.1) is 6.92 Å². The molecule has 284 valence electrons. The Balaban J connectivity index is 1.03. The number of urea groups is 1. The number of aromatic nitrogens is 1. The normalized spacial score (nSPS) is 21.4. The van der Waals surface area contributed by atoms with E-state index in [2.05, 4.69) is 15.2 Å². The number of ether oxygens (including phenoxy) is 1. The number of H-pyrrole nitrogens is 1. The maximum absolute atomic E-state index is 14.4. The van der Waals surface area contributed by atoms with Gasteiger partial charge in [-0.1, -0.05) is 31.2 Å². The van der Waals surface area contributed by atoms with Crippen LogP contribution < -0.4 is 10.9 Å². The van der Waals surface area contributed by atoms with E-state index < -0.39 is 23.7 Å². The molecule has 2 aromatic carbocycles. The number of nitrogens with zero attached hydrogens (tertiary/aromatic N) is 4. The van der Waals surface area contributed by atoms with Crippen molar-refractivity contribution < 1.29 is 29.3 Å². The molecule has 1 unspecified atom stereocenters. The van der Waals surface area contributed by atoms with Crippen molar-refractivity contribution in [1.29, 1.82) is 0 Å². The summed E-state index contributed by atoms with van der Waals surface area (Å²) in [5, 5.41) is 23.9. The second-order valence-electron chi connectivity index (χ2n) is 15.4. The number of rotatable bonds is 7. The third kappa shape index (κ3) is 7.92. The number of aryl methyl sites for hydroxylation is 1. The molecule has 0 bridgehead atoms. The molecule has 53 heavy (non-hydrogen) atoms. The van der Waals surface area contributed by atoms with Crippen molar-refractivity contribution in [1.82, 2.24) is 24.6 Å². The minimum atomic E-state index is -1.07. The fraction of sp³-hybridized carbons (Fsp3) is 0.550. The molecule has 0 radical (unpaired) electrons. The van der Waals surface area contributed by atoms with Gasteiger partial charge in [0, 0.05) is 75.6 Å². The van der Waals surface area contributed by atoms with E-state index in [4.69, 9.17) is 4.74 Å². The first-order valence-electron chi connectivity index (χ1n) is 19.1. The third-order valence-electron chi connectivity index (χ3n) is 12.1. The van der Waals surface area contributed by atoms with Crippen LogP contribution in [-0.4, -0.2) is 129 Å². The number of carbonyl (C=O) groups excluding carboxylic acids is 3. The van der Waals surface area contributed by atoms with Gasteiger partial charge in [-0.15, -0.1) is 0 Å². The van der Waals surface area contributed by atoms with Gasteiger partial charge in [-0.3, -0.25) is 9.59 Å². The van der Waals surface area contributed by atoms with Crippen LogP contribution in [0.2, 0.25) is 0 Å². The fourth-order valence-corrected chi connectivity index (χ4v) is 8.66. The number of hydrogen-bond acceptors (Lipinski definition) is 8. The van der Waals surface area contributed by atoms with E-state index >= 15 is 0 Å². The molecule has 3 saturated heterocycles. The summed E-state index contributed by atoms with van der Waals surface area (Å²) >= 11 is 0. The van der Waals surface area contributed by atoms with E-state index in [1.54, 1.807) is 11.0 Å². The first-order valence-corrected chi connectivity index (χ1v) is 19.1. The number of fused-ring (bicyclic) bond motifs is 2. The van der Waals surface area contributed by atoms with E-state index in [1.807, 2.05) is 60.0 Å². The Morgan fingerprint density at radius 2 is 1.58 bits per heavy atom. The average molecular weight is 729 g/mol. The number of para-hydroxylation sites is 1. The van der Waals surface area contributed by atoms with Crippen LogP contribution in [0.3, 0.4) is 0 Å². The Morgan fingerprint density at radius 1 is 0.906 bits per heavy atom. The Morgan fingerprint density at radius 3 is 2.30 bits per heavy atom. The Hall–Kier alpha value is -4.46. The molecule has 13 nitrogen and oxygen atoms in total. The molecule has 2 atom stereocenters. The molecule has 13 heteroatoms. The molecular weight excluding hydrogens is 676 g/mol. The van der Waals surface area contributed by atoms with Crippen LogP contribution >= 0.6 is 0 Å². The minimum absolute atomic E-state index is 0.0182. The molecule has 0 aliphatic carbocycles. The number of hydrogen-bond donors (Lipinski definition) is 4. The Bertz CT molecular complexity index is 1870. The van der Waals surface area contributed by atoms with Crippen LogP contribution in [0.25, 0.3) is 10.9 Å². The number of amides is 4. The standard InChI is InChI=1S/C40H52N6O7/c1-26-23-30(24-29-7-8-34(48)42-35(26)29)27(2)36(37(49)44-16-10-31(11-17-44)43-21-14-40(52,25-47)15-22-43)53-39(51)45-18-12-32(13-19-45)46-20-9-28-5-3-4-6-33(28)41-38(46)50/h3-8,23-24,27,31-32,36,47,52H,9-22,25H2,1-2H3,(H,41,50)(H,42,48)/t27-,36?/m1/s1. The van der Waals surface area contributed by atoms with Gasteiger partial charge in [0.05, 0.1) is 17.7 Å². The van der Waals surface area contributed by atoms with Gasteiger partial charge in [0.15, 0.2) is 6.10 Å². The van der Waals surface area contributed by atoms with Crippen molar-refractivity contribution in [3.63, 3.8) is 0 Å². The number of piperidine rings is 3. The number of anilines is 1. The predicted octanol–water partition coefficient (Wildman–Crippen LogP) is 3.81. The van der Waals surface area contributed by atoms with Gasteiger partial charge >= 0.3 is 12.1 Å². The van der Waals surface area contributed by atoms with Crippen LogP contribution in [0.5, 0.6) is 0 Å². The molecule has 4 amide bonds. The molecule has 1 aromatic heterocycles. The number of aliphatic hydroxyl groups excluding tert-OH is 1. The lowest BCUT2D eigenvalue weighted by Crippen LogP contribution is -2.55. The van der Waals surface area contributed by atoms with Gasteiger partial charge in [0.2, 0.25) is 5.56 Å². The summed E-state index contributed by atoms with van der Waals surface area (Å²) < 4.78 is 6.22. The number of pyridine rings is 1. The zero-order valence-corrected chi connectivity index (χ0v) is 30.8. The number of aromatic amines is 1.